The zero-order valence-electron chi connectivity index (χ0n) is 24.5. The molecule has 4 atom stereocenters. The molecule has 2 saturated heterocycles. The van der Waals surface area contributed by atoms with Gasteiger partial charge >= 0.3 is 0 Å². The molecule has 3 aromatic rings. The quantitative estimate of drug-likeness (QED) is 0.284. The minimum atomic E-state index is -0.450. The molecule has 1 spiro atoms. The molecule has 5 rings (SSSR count). The second-order valence-corrected chi connectivity index (χ2v) is 13.2. The molecule has 4 N–H and O–H groups in total. The van der Waals surface area contributed by atoms with E-state index in [1.54, 1.807) is 0 Å². The molecule has 0 aromatic heterocycles. The standard InChI is InChI=1S/C34H43ClN4O2/c1-4-23(24-8-6-5-7-9-24)21-39-15-14-29(34(22-38-34)19-28(32(39)41)18-33(2,3)36)20-37-31(40)27-11-10-26-17-30(35)13-12-25(26)16-27/h5-13,16-17,23,28-29,38H,4,14-15,18-22,36H2,1-3H3,(H,37,40)/t23-,28-,29?,34?/m1/s1. The maximum absolute atomic E-state index is 14.0. The molecule has 2 fully saturated rings. The number of nitrogens with two attached hydrogens (primary N) is 1. The third kappa shape index (κ3) is 7.11. The van der Waals surface area contributed by atoms with E-state index in [0.29, 0.717) is 36.6 Å². The van der Waals surface area contributed by atoms with Crippen molar-refractivity contribution in [2.75, 3.05) is 26.2 Å². The number of amides is 2. The minimum Gasteiger partial charge on any atom is -0.352 e. The van der Waals surface area contributed by atoms with Crippen molar-refractivity contribution in [3.05, 3.63) is 82.9 Å². The average Bonchev–Trinajstić information content (AvgIpc) is 3.73. The Balaban J connectivity index is 1.33. The Labute approximate surface area is 249 Å². The Bertz CT molecular complexity index is 1380. The molecule has 218 valence electrons. The Kier molecular flexibility index (Phi) is 8.74. The van der Waals surface area contributed by atoms with Crippen LogP contribution in [0.25, 0.3) is 10.8 Å². The summed E-state index contributed by atoms with van der Waals surface area (Å²) in [6.45, 7) is 8.98. The fraction of sp³-hybridized carbons (Fsp3) is 0.471. The molecule has 41 heavy (non-hydrogen) atoms. The summed E-state index contributed by atoms with van der Waals surface area (Å²) >= 11 is 6.13. The largest absolute Gasteiger partial charge is 0.352 e. The van der Waals surface area contributed by atoms with E-state index in [-0.39, 0.29) is 35.1 Å². The molecule has 2 aliphatic rings. The summed E-state index contributed by atoms with van der Waals surface area (Å²) in [5.74, 6) is 0.456. The maximum Gasteiger partial charge on any atom is 0.251 e. The third-order valence-corrected chi connectivity index (χ3v) is 9.22. The highest BCUT2D eigenvalue weighted by molar-refractivity contribution is 6.31. The van der Waals surface area contributed by atoms with Crippen molar-refractivity contribution < 1.29 is 9.59 Å². The summed E-state index contributed by atoms with van der Waals surface area (Å²) in [5.41, 5.74) is 7.79. The topological polar surface area (TPSA) is 97.4 Å². The van der Waals surface area contributed by atoms with Gasteiger partial charge in [0.25, 0.3) is 5.91 Å². The normalized spacial score (nSPS) is 23.7. The van der Waals surface area contributed by atoms with Crippen LogP contribution in [0.4, 0.5) is 0 Å². The Morgan fingerprint density at radius 2 is 1.85 bits per heavy atom. The molecule has 0 aliphatic carbocycles. The van der Waals surface area contributed by atoms with Crippen molar-refractivity contribution >= 4 is 34.2 Å². The van der Waals surface area contributed by atoms with Gasteiger partial charge in [-0.15, -0.1) is 0 Å². The summed E-state index contributed by atoms with van der Waals surface area (Å²) in [4.78, 5) is 29.4. The first kappa shape index (κ1) is 29.6. The molecular weight excluding hydrogens is 532 g/mol. The van der Waals surface area contributed by atoms with E-state index in [9.17, 15) is 9.59 Å². The molecule has 0 bridgehead atoms. The summed E-state index contributed by atoms with van der Waals surface area (Å²) in [5, 5.41) is 9.51. The third-order valence-electron chi connectivity index (χ3n) is 8.98. The smallest absolute Gasteiger partial charge is 0.251 e. The van der Waals surface area contributed by atoms with Crippen molar-refractivity contribution in [2.45, 2.75) is 63.5 Å². The van der Waals surface area contributed by atoms with Gasteiger partial charge in [0, 0.05) is 59.7 Å². The monoisotopic (exact) mass is 574 g/mol. The molecule has 2 heterocycles. The lowest BCUT2D eigenvalue weighted by Gasteiger charge is -2.39. The first-order valence-electron chi connectivity index (χ1n) is 14.9. The van der Waals surface area contributed by atoms with Gasteiger partial charge < -0.3 is 21.3 Å². The Morgan fingerprint density at radius 3 is 2.54 bits per heavy atom. The fourth-order valence-corrected chi connectivity index (χ4v) is 6.79. The van der Waals surface area contributed by atoms with Crippen LogP contribution in [-0.4, -0.2) is 54.0 Å². The van der Waals surface area contributed by atoms with Gasteiger partial charge in [-0.05, 0) is 86.1 Å². The number of carbonyl (C=O) groups is 2. The highest BCUT2D eigenvalue weighted by Crippen LogP contribution is 2.41. The Morgan fingerprint density at radius 1 is 1.15 bits per heavy atom. The number of rotatable bonds is 9. The highest BCUT2D eigenvalue weighted by atomic mass is 35.5. The molecular formula is C34H43ClN4O2. The molecule has 2 aliphatic heterocycles. The van der Waals surface area contributed by atoms with Gasteiger partial charge in [0.15, 0.2) is 0 Å². The first-order chi connectivity index (χ1) is 19.6. The van der Waals surface area contributed by atoms with Gasteiger partial charge in [0.2, 0.25) is 5.91 Å². The highest BCUT2D eigenvalue weighted by Gasteiger charge is 2.52. The van der Waals surface area contributed by atoms with E-state index < -0.39 is 5.54 Å². The number of nitrogens with one attached hydrogen (secondary N) is 2. The Hall–Kier alpha value is -2.93. The summed E-state index contributed by atoms with van der Waals surface area (Å²) < 4.78 is 0. The summed E-state index contributed by atoms with van der Waals surface area (Å²) in [6.07, 6.45) is 3.17. The van der Waals surface area contributed by atoms with Crippen LogP contribution in [0.2, 0.25) is 5.02 Å². The van der Waals surface area contributed by atoms with Gasteiger partial charge in [0.1, 0.15) is 0 Å². The lowest BCUT2D eigenvalue weighted by Crippen LogP contribution is -2.50. The van der Waals surface area contributed by atoms with Crippen molar-refractivity contribution in [3.63, 3.8) is 0 Å². The number of benzene rings is 3. The van der Waals surface area contributed by atoms with Crippen LogP contribution in [0.15, 0.2) is 66.7 Å². The molecule has 2 unspecified atom stereocenters. The molecule has 7 heteroatoms. The number of halogens is 1. The molecule has 0 radical (unpaired) electrons. The summed E-state index contributed by atoms with van der Waals surface area (Å²) in [6, 6.07) is 21.9. The van der Waals surface area contributed by atoms with Crippen LogP contribution in [-0.2, 0) is 4.79 Å². The maximum atomic E-state index is 14.0. The van der Waals surface area contributed by atoms with Gasteiger partial charge in [-0.25, -0.2) is 0 Å². The molecule has 6 nitrogen and oxygen atoms in total. The first-order valence-corrected chi connectivity index (χ1v) is 15.3. The number of fused-ring (bicyclic) bond motifs is 1. The van der Waals surface area contributed by atoms with E-state index in [4.69, 9.17) is 17.3 Å². The SMILES string of the molecule is CC[C@H](CN1CCC(CNC(=O)c2ccc3cc(Cl)ccc3c2)C2(CN2)C[C@@H](CC(C)(C)N)C1=O)c1ccccc1. The number of hydrogen-bond acceptors (Lipinski definition) is 4. The average molecular weight is 575 g/mol. The zero-order chi connectivity index (χ0) is 29.2. The van der Waals surface area contributed by atoms with Crippen LogP contribution in [0, 0.1) is 11.8 Å². The molecule has 3 aromatic carbocycles. The number of carbonyl (C=O) groups excluding carboxylic acids is 2. The second-order valence-electron chi connectivity index (χ2n) is 12.8. The minimum absolute atomic E-state index is 0.0811. The van der Waals surface area contributed by atoms with Crippen molar-refractivity contribution in [3.8, 4) is 0 Å². The van der Waals surface area contributed by atoms with Crippen LogP contribution in [0.5, 0.6) is 0 Å². The van der Waals surface area contributed by atoms with Gasteiger partial charge in [-0.3, -0.25) is 9.59 Å². The van der Waals surface area contributed by atoms with Gasteiger partial charge in [0.05, 0.1) is 0 Å². The van der Waals surface area contributed by atoms with Crippen molar-refractivity contribution in [1.29, 1.82) is 0 Å². The van der Waals surface area contributed by atoms with Crippen LogP contribution >= 0.6 is 11.6 Å². The van der Waals surface area contributed by atoms with Crippen LogP contribution in [0.3, 0.4) is 0 Å². The van der Waals surface area contributed by atoms with Gasteiger partial charge in [-0.1, -0.05) is 61.0 Å². The lowest BCUT2D eigenvalue weighted by atomic mass is 9.76. The van der Waals surface area contributed by atoms with E-state index in [1.807, 2.05) is 56.3 Å². The van der Waals surface area contributed by atoms with E-state index >= 15 is 0 Å². The number of hydrogen-bond donors (Lipinski definition) is 3. The zero-order valence-corrected chi connectivity index (χ0v) is 25.2. The summed E-state index contributed by atoms with van der Waals surface area (Å²) in [7, 11) is 0. The van der Waals surface area contributed by atoms with Crippen LogP contribution < -0.4 is 16.4 Å². The van der Waals surface area contributed by atoms with Crippen molar-refractivity contribution in [2.24, 2.45) is 17.6 Å². The van der Waals surface area contributed by atoms with Crippen molar-refractivity contribution in [1.82, 2.24) is 15.5 Å². The van der Waals surface area contributed by atoms with E-state index in [0.717, 1.165) is 36.6 Å². The predicted octanol–water partition coefficient (Wildman–Crippen LogP) is 5.74. The molecule has 2 amide bonds. The number of nitrogens with zero attached hydrogens (tertiary/aromatic N) is 1. The van der Waals surface area contributed by atoms with Crippen LogP contribution in [0.1, 0.15) is 68.3 Å². The predicted molar refractivity (Wildman–Crippen MR) is 167 cm³/mol. The fourth-order valence-electron chi connectivity index (χ4n) is 6.61. The van der Waals surface area contributed by atoms with Gasteiger partial charge in [-0.2, -0.15) is 0 Å². The number of likely N-dealkylation sites (tertiary alicyclic amines) is 1. The van der Waals surface area contributed by atoms with E-state index in [1.165, 1.54) is 5.56 Å². The second kappa shape index (κ2) is 12.1. The molecule has 0 saturated carbocycles. The van der Waals surface area contributed by atoms with E-state index in [2.05, 4.69) is 46.7 Å². The lowest BCUT2D eigenvalue weighted by molar-refractivity contribution is -0.138.